The molecule has 3 N–H and O–H groups in total. The molecule has 2 saturated carbocycles. The highest BCUT2D eigenvalue weighted by Crippen LogP contribution is 2.73. The first-order valence-corrected chi connectivity index (χ1v) is 16.7. The number of fused-ring (bicyclic) bond motifs is 3. The molecular formula is C37H44O10. The summed E-state index contributed by atoms with van der Waals surface area (Å²) in [6, 6.07) is 8.57. The predicted octanol–water partition coefficient (Wildman–Crippen LogP) is 3.70. The maximum atomic E-state index is 13.8. The molecule has 3 heterocycles. The Kier molecular flexibility index (Phi) is 7.65. The summed E-state index contributed by atoms with van der Waals surface area (Å²) < 4.78 is 33.2. The lowest BCUT2D eigenvalue weighted by Crippen LogP contribution is -2.76. The molecule has 5 fully saturated rings. The van der Waals surface area contributed by atoms with E-state index in [1.807, 2.05) is 19.1 Å². The van der Waals surface area contributed by atoms with Gasteiger partial charge in [0.1, 0.15) is 30.0 Å². The SMILES string of the molecule is C=C(C)[C@@]12OC3(/C=C/C=C/CCCCC)O[C@@H]1[C@@H]1[C@@H]4O[C@]4(CO)[C@@H](O)[C@]4(O)C(=O)C(C)=C[C@H]4[C@@]1(O3)[C@H](C)[C@H]2OC(=O)c1ccccc1. The van der Waals surface area contributed by atoms with Gasteiger partial charge in [0.05, 0.1) is 17.8 Å². The van der Waals surface area contributed by atoms with Crippen molar-refractivity contribution in [2.75, 3.05) is 6.61 Å². The highest BCUT2D eigenvalue weighted by Gasteiger charge is 2.90. The van der Waals surface area contributed by atoms with Crippen LogP contribution in [-0.2, 0) is 28.5 Å². The molecule has 0 radical (unpaired) electrons. The van der Waals surface area contributed by atoms with Crippen LogP contribution in [0.3, 0.4) is 0 Å². The van der Waals surface area contributed by atoms with E-state index in [4.69, 9.17) is 23.7 Å². The first-order chi connectivity index (χ1) is 22.4. The number of esters is 1. The van der Waals surface area contributed by atoms with Crippen LogP contribution in [0.5, 0.6) is 0 Å². The summed E-state index contributed by atoms with van der Waals surface area (Å²) in [7, 11) is 0. The van der Waals surface area contributed by atoms with E-state index in [1.165, 1.54) is 0 Å². The lowest BCUT2D eigenvalue weighted by Gasteiger charge is -2.61. The molecule has 10 heteroatoms. The minimum absolute atomic E-state index is 0.238. The number of aliphatic hydroxyl groups is 3. The monoisotopic (exact) mass is 648 g/mol. The van der Waals surface area contributed by atoms with Crippen LogP contribution in [0.25, 0.3) is 0 Å². The Morgan fingerprint density at radius 2 is 1.85 bits per heavy atom. The van der Waals surface area contributed by atoms with Gasteiger partial charge in [-0.1, -0.05) is 75.8 Å². The molecule has 7 rings (SSSR count). The van der Waals surface area contributed by atoms with Gasteiger partial charge in [0.2, 0.25) is 0 Å². The fraction of sp³-hybridized carbons (Fsp3) is 0.568. The minimum atomic E-state index is -2.41. The van der Waals surface area contributed by atoms with Crippen molar-refractivity contribution < 1.29 is 48.6 Å². The second-order valence-corrected chi connectivity index (χ2v) is 14.1. The second-order valence-electron chi connectivity index (χ2n) is 14.1. The molecule has 0 amide bonds. The number of hydrogen-bond donors (Lipinski definition) is 3. The van der Waals surface area contributed by atoms with Gasteiger partial charge in [-0.15, -0.1) is 0 Å². The standard InChI is InChI=1S/C37H44O10/c1-6-7-8-9-10-11-15-18-34-45-30-26-29-33(20-38,44-29)32(41)35(42)25(19-22(4)27(35)39)37(26,47-34)23(5)28(36(30,46-34)21(2)3)43-31(40)24-16-13-12-14-17-24/h10-19,23,25-26,28-30,32,38,41-42H,2,6-9,20H2,1,3-5H3/b11-10+,18-15+/t23-,25-,26+,28-,29+,30-,32-,33+,34?,35-,36+,37+/m1/s1. The molecule has 3 bridgehead atoms. The number of benzene rings is 1. The third-order valence-electron chi connectivity index (χ3n) is 11.5. The van der Waals surface area contributed by atoms with Gasteiger partial charge >= 0.3 is 11.9 Å². The van der Waals surface area contributed by atoms with Crippen molar-refractivity contribution >= 4 is 11.8 Å². The predicted molar refractivity (Wildman–Crippen MR) is 169 cm³/mol. The second kappa shape index (κ2) is 11.0. The van der Waals surface area contributed by atoms with Gasteiger partial charge in [0, 0.05) is 23.8 Å². The molecule has 3 aliphatic heterocycles. The van der Waals surface area contributed by atoms with Gasteiger partial charge in [-0.25, -0.2) is 4.79 Å². The summed E-state index contributed by atoms with van der Waals surface area (Å²) >= 11 is 0. The molecule has 1 unspecified atom stereocenters. The van der Waals surface area contributed by atoms with E-state index in [0.717, 1.165) is 25.7 Å². The maximum Gasteiger partial charge on any atom is 0.338 e. The number of carbonyl (C=O) groups excluding carboxylic acids is 2. The lowest BCUT2D eigenvalue weighted by molar-refractivity contribution is -0.407. The highest BCUT2D eigenvalue weighted by molar-refractivity contribution is 6.05. The van der Waals surface area contributed by atoms with Crippen LogP contribution >= 0.6 is 0 Å². The quantitative estimate of drug-likeness (QED) is 0.113. The average Bonchev–Trinajstić information content (AvgIpc) is 3.69. The summed E-state index contributed by atoms with van der Waals surface area (Å²) in [4.78, 5) is 27.6. The normalized spacial score (nSPS) is 45.8. The van der Waals surface area contributed by atoms with Crippen LogP contribution in [-0.4, -0.2) is 86.5 Å². The number of Topliss-reactive ketones (excluding diaryl/α,β-unsaturated/α-hetero) is 1. The van der Waals surface area contributed by atoms with Crippen molar-refractivity contribution in [1.29, 1.82) is 0 Å². The van der Waals surface area contributed by atoms with Crippen LogP contribution < -0.4 is 0 Å². The average molecular weight is 649 g/mol. The fourth-order valence-corrected chi connectivity index (χ4v) is 9.24. The Balaban J connectivity index is 1.41. The molecule has 1 aromatic rings. The maximum absolute atomic E-state index is 13.8. The van der Waals surface area contributed by atoms with Crippen LogP contribution in [0, 0.1) is 17.8 Å². The number of ketones is 1. The molecule has 6 aliphatic rings. The van der Waals surface area contributed by atoms with E-state index in [0.29, 0.717) is 11.1 Å². The summed E-state index contributed by atoms with van der Waals surface area (Å²) in [5.74, 6) is -5.81. The van der Waals surface area contributed by atoms with E-state index in [2.05, 4.69) is 13.5 Å². The van der Waals surface area contributed by atoms with E-state index in [9.17, 15) is 24.9 Å². The zero-order chi connectivity index (χ0) is 33.6. The summed E-state index contributed by atoms with van der Waals surface area (Å²) in [5.41, 5.74) is -6.01. The number of unbranched alkanes of at least 4 members (excludes halogenated alkanes) is 3. The van der Waals surface area contributed by atoms with E-state index >= 15 is 0 Å². The smallest absolute Gasteiger partial charge is 0.338 e. The van der Waals surface area contributed by atoms with Gasteiger partial charge in [0.25, 0.3) is 0 Å². The van der Waals surface area contributed by atoms with Gasteiger partial charge < -0.3 is 39.0 Å². The zero-order valence-electron chi connectivity index (χ0n) is 27.3. The fourth-order valence-electron chi connectivity index (χ4n) is 9.24. The molecule has 47 heavy (non-hydrogen) atoms. The number of hydrogen-bond acceptors (Lipinski definition) is 10. The molecule has 3 saturated heterocycles. The number of allylic oxidation sites excluding steroid dienone is 3. The summed E-state index contributed by atoms with van der Waals surface area (Å²) in [6.45, 7) is 11.0. The molecule has 0 spiro atoms. The Hall–Kier alpha value is -2.96. The number of ether oxygens (including phenoxy) is 5. The largest absolute Gasteiger partial charge is 0.455 e. The molecule has 10 nitrogen and oxygen atoms in total. The van der Waals surface area contributed by atoms with E-state index in [-0.39, 0.29) is 5.57 Å². The third kappa shape index (κ3) is 4.16. The van der Waals surface area contributed by atoms with Crippen LogP contribution in [0.1, 0.15) is 63.7 Å². The number of aliphatic hydroxyl groups excluding tert-OH is 2. The molecule has 252 valence electrons. The highest BCUT2D eigenvalue weighted by atomic mass is 16.9. The topological polar surface area (TPSA) is 144 Å². The molecule has 3 aliphatic carbocycles. The van der Waals surface area contributed by atoms with Crippen molar-refractivity contribution in [3.05, 3.63) is 84.0 Å². The molecule has 0 aromatic heterocycles. The van der Waals surface area contributed by atoms with E-state index < -0.39 is 88.9 Å². The van der Waals surface area contributed by atoms with Crippen LogP contribution in [0.2, 0.25) is 0 Å². The van der Waals surface area contributed by atoms with Crippen LogP contribution in [0.15, 0.2) is 78.4 Å². The van der Waals surface area contributed by atoms with Gasteiger partial charge in [-0.3, -0.25) is 4.79 Å². The Bertz CT molecular complexity index is 1570. The van der Waals surface area contributed by atoms with E-state index in [1.54, 1.807) is 62.4 Å². The molecular weight excluding hydrogens is 604 g/mol. The Morgan fingerprint density at radius 3 is 2.53 bits per heavy atom. The summed E-state index contributed by atoms with van der Waals surface area (Å²) in [6.07, 6.45) is 8.51. The minimum Gasteiger partial charge on any atom is -0.455 e. The first kappa shape index (κ1) is 32.6. The van der Waals surface area contributed by atoms with Gasteiger partial charge in [-0.05, 0) is 50.0 Å². The van der Waals surface area contributed by atoms with Crippen molar-refractivity contribution in [1.82, 2.24) is 0 Å². The van der Waals surface area contributed by atoms with Crippen LogP contribution in [0.4, 0.5) is 0 Å². The van der Waals surface area contributed by atoms with Crippen molar-refractivity contribution in [2.45, 2.75) is 106 Å². The Labute approximate surface area is 274 Å². The van der Waals surface area contributed by atoms with Crippen molar-refractivity contribution in [3.8, 4) is 0 Å². The number of epoxide rings is 1. The third-order valence-corrected chi connectivity index (χ3v) is 11.5. The number of carbonyl (C=O) groups is 2. The lowest BCUT2D eigenvalue weighted by atomic mass is 9.53. The van der Waals surface area contributed by atoms with Gasteiger partial charge in [-0.2, -0.15) is 0 Å². The molecule has 1 aromatic carbocycles. The first-order valence-electron chi connectivity index (χ1n) is 16.7. The summed E-state index contributed by atoms with van der Waals surface area (Å²) in [5, 5.41) is 34.9. The van der Waals surface area contributed by atoms with Gasteiger partial charge in [0.15, 0.2) is 17.0 Å². The van der Waals surface area contributed by atoms with Crippen molar-refractivity contribution in [3.63, 3.8) is 0 Å². The Morgan fingerprint density at radius 1 is 1.11 bits per heavy atom. The van der Waals surface area contributed by atoms with Crippen molar-refractivity contribution in [2.24, 2.45) is 17.8 Å². The zero-order valence-corrected chi connectivity index (χ0v) is 27.3. The molecule has 12 atom stereocenters. The number of rotatable bonds is 10.